The van der Waals surface area contributed by atoms with Gasteiger partial charge in [0.25, 0.3) is 0 Å². The van der Waals surface area contributed by atoms with E-state index in [4.69, 9.17) is 0 Å². The summed E-state index contributed by atoms with van der Waals surface area (Å²) in [6, 6.07) is 0. The summed E-state index contributed by atoms with van der Waals surface area (Å²) >= 11 is 0. The van der Waals surface area contributed by atoms with E-state index in [1.807, 2.05) is 7.05 Å². The average Bonchev–Trinajstić information content (AvgIpc) is 2.20. The second-order valence-electron chi connectivity index (χ2n) is 4.93. The molecule has 0 amide bonds. The van der Waals surface area contributed by atoms with Crippen molar-refractivity contribution in [3.05, 3.63) is 0 Å². The molecule has 92 valence electrons. The molecule has 0 spiro atoms. The molecule has 2 N–H and O–H groups in total. The third kappa shape index (κ3) is 10.2. The lowest BCUT2D eigenvalue weighted by atomic mass is 9.94. The summed E-state index contributed by atoms with van der Waals surface area (Å²) in [7, 11) is 2.00. The van der Waals surface area contributed by atoms with Crippen molar-refractivity contribution in [2.24, 2.45) is 11.8 Å². The van der Waals surface area contributed by atoms with Crippen molar-refractivity contribution in [2.75, 3.05) is 26.7 Å². The predicted octanol–water partition coefficient (Wildman–Crippen LogP) is 2.65. The fourth-order valence-corrected chi connectivity index (χ4v) is 1.85. The first-order valence-corrected chi connectivity index (χ1v) is 6.56. The topological polar surface area (TPSA) is 24.1 Å². The van der Waals surface area contributed by atoms with Gasteiger partial charge in [0.15, 0.2) is 0 Å². The monoisotopic (exact) mass is 214 g/mol. The van der Waals surface area contributed by atoms with Gasteiger partial charge in [0.1, 0.15) is 0 Å². The lowest BCUT2D eigenvalue weighted by molar-refractivity contribution is 0.377. The second-order valence-corrected chi connectivity index (χ2v) is 4.93. The lowest BCUT2D eigenvalue weighted by Crippen LogP contribution is -2.29. The molecule has 0 fully saturated rings. The van der Waals surface area contributed by atoms with Gasteiger partial charge in [0, 0.05) is 13.1 Å². The first-order chi connectivity index (χ1) is 7.20. The Hall–Kier alpha value is -0.0800. The number of hydrogen-bond acceptors (Lipinski definition) is 2. The Kier molecular flexibility index (Phi) is 10.4. The van der Waals surface area contributed by atoms with Crippen LogP contribution >= 0.6 is 0 Å². The summed E-state index contributed by atoms with van der Waals surface area (Å²) in [5, 5.41) is 6.69. The molecular weight excluding hydrogens is 184 g/mol. The number of hydrogen-bond donors (Lipinski definition) is 2. The molecule has 0 saturated carbocycles. The highest BCUT2D eigenvalue weighted by Gasteiger charge is 2.07. The van der Waals surface area contributed by atoms with Crippen molar-refractivity contribution in [3.8, 4) is 0 Å². The van der Waals surface area contributed by atoms with E-state index in [1.54, 1.807) is 0 Å². The van der Waals surface area contributed by atoms with Crippen LogP contribution in [0.25, 0.3) is 0 Å². The molecule has 0 aromatic rings. The molecule has 0 saturated heterocycles. The van der Waals surface area contributed by atoms with Gasteiger partial charge in [0.2, 0.25) is 0 Å². The number of rotatable bonds is 10. The zero-order valence-corrected chi connectivity index (χ0v) is 11.1. The van der Waals surface area contributed by atoms with E-state index in [-0.39, 0.29) is 0 Å². The largest absolute Gasteiger partial charge is 0.318 e. The minimum atomic E-state index is 0.849. The molecule has 1 atom stereocenters. The molecule has 2 heteroatoms. The summed E-state index contributed by atoms with van der Waals surface area (Å²) in [6.45, 7) is 10.3. The van der Waals surface area contributed by atoms with Crippen LogP contribution in [0, 0.1) is 11.8 Å². The van der Waals surface area contributed by atoms with Crippen molar-refractivity contribution >= 4 is 0 Å². The summed E-state index contributed by atoms with van der Waals surface area (Å²) in [6.07, 6.45) is 5.45. The molecule has 0 aliphatic carbocycles. The molecule has 2 nitrogen and oxygen atoms in total. The third-order valence-corrected chi connectivity index (χ3v) is 2.83. The standard InChI is InChI=1S/C13H30N2/c1-5-6-13(8-7-12(2)3)11-15-10-9-14-4/h12-15H,5-11H2,1-4H3/t13-/m0/s1. The molecule has 15 heavy (non-hydrogen) atoms. The number of likely N-dealkylation sites (N-methyl/N-ethyl adjacent to an activating group) is 1. The van der Waals surface area contributed by atoms with Gasteiger partial charge in [-0.05, 0) is 38.3 Å². The first kappa shape index (κ1) is 14.9. The van der Waals surface area contributed by atoms with Gasteiger partial charge in [0.05, 0.1) is 0 Å². The van der Waals surface area contributed by atoms with Gasteiger partial charge in [-0.2, -0.15) is 0 Å². The fraction of sp³-hybridized carbons (Fsp3) is 1.00. The van der Waals surface area contributed by atoms with Crippen LogP contribution in [0.2, 0.25) is 0 Å². The van der Waals surface area contributed by atoms with E-state index in [0.29, 0.717) is 0 Å². The predicted molar refractivity (Wildman–Crippen MR) is 69.3 cm³/mol. The van der Waals surface area contributed by atoms with Crippen molar-refractivity contribution < 1.29 is 0 Å². The molecule has 0 unspecified atom stereocenters. The van der Waals surface area contributed by atoms with Gasteiger partial charge < -0.3 is 10.6 Å². The summed E-state index contributed by atoms with van der Waals surface area (Å²) in [5.74, 6) is 1.73. The van der Waals surface area contributed by atoms with Gasteiger partial charge in [-0.1, -0.05) is 33.6 Å². The zero-order chi connectivity index (χ0) is 11.5. The van der Waals surface area contributed by atoms with Crippen molar-refractivity contribution in [3.63, 3.8) is 0 Å². The van der Waals surface area contributed by atoms with E-state index in [2.05, 4.69) is 31.4 Å². The van der Waals surface area contributed by atoms with E-state index < -0.39 is 0 Å². The lowest BCUT2D eigenvalue weighted by Gasteiger charge is -2.18. The summed E-state index contributed by atoms with van der Waals surface area (Å²) in [5.41, 5.74) is 0. The van der Waals surface area contributed by atoms with Crippen LogP contribution in [0.15, 0.2) is 0 Å². The quantitative estimate of drug-likeness (QED) is 0.546. The maximum absolute atomic E-state index is 3.53. The molecule has 0 aromatic heterocycles. The van der Waals surface area contributed by atoms with E-state index in [0.717, 1.165) is 24.9 Å². The van der Waals surface area contributed by atoms with Crippen molar-refractivity contribution in [1.82, 2.24) is 10.6 Å². The van der Waals surface area contributed by atoms with E-state index in [1.165, 1.54) is 32.2 Å². The normalized spacial score (nSPS) is 13.4. The molecule has 0 rings (SSSR count). The van der Waals surface area contributed by atoms with E-state index >= 15 is 0 Å². The summed E-state index contributed by atoms with van der Waals surface area (Å²) < 4.78 is 0. The third-order valence-electron chi connectivity index (χ3n) is 2.83. The first-order valence-electron chi connectivity index (χ1n) is 6.56. The van der Waals surface area contributed by atoms with Crippen LogP contribution in [0.5, 0.6) is 0 Å². The summed E-state index contributed by atoms with van der Waals surface area (Å²) in [4.78, 5) is 0. The number of nitrogens with one attached hydrogen (secondary N) is 2. The minimum Gasteiger partial charge on any atom is -0.318 e. The maximum Gasteiger partial charge on any atom is 0.00767 e. The van der Waals surface area contributed by atoms with Crippen molar-refractivity contribution in [2.45, 2.75) is 46.5 Å². The average molecular weight is 214 g/mol. The molecule has 0 aliphatic rings. The highest BCUT2D eigenvalue weighted by molar-refractivity contribution is 4.64. The molecule has 0 aromatic carbocycles. The maximum atomic E-state index is 3.53. The van der Waals surface area contributed by atoms with Crippen LogP contribution in [-0.4, -0.2) is 26.7 Å². The van der Waals surface area contributed by atoms with Gasteiger partial charge in [-0.3, -0.25) is 0 Å². The highest BCUT2D eigenvalue weighted by Crippen LogP contribution is 2.16. The fourth-order valence-electron chi connectivity index (χ4n) is 1.85. The van der Waals surface area contributed by atoms with Crippen LogP contribution in [0.1, 0.15) is 46.5 Å². The van der Waals surface area contributed by atoms with E-state index in [9.17, 15) is 0 Å². The Morgan fingerprint density at radius 3 is 2.27 bits per heavy atom. The molecule has 0 aliphatic heterocycles. The Balaban J connectivity index is 3.53. The molecule has 0 radical (unpaired) electrons. The smallest absolute Gasteiger partial charge is 0.00767 e. The SMILES string of the molecule is CCC[C@@H](CCC(C)C)CNCCNC. The van der Waals surface area contributed by atoms with Crippen LogP contribution < -0.4 is 10.6 Å². The Morgan fingerprint density at radius 2 is 1.73 bits per heavy atom. The molecule has 0 heterocycles. The Morgan fingerprint density at radius 1 is 1.00 bits per heavy atom. The Bertz CT molecular complexity index is 124. The molecular formula is C13H30N2. The van der Waals surface area contributed by atoms with Gasteiger partial charge >= 0.3 is 0 Å². The minimum absolute atomic E-state index is 0.849. The Labute approximate surface area is 96.2 Å². The molecule has 0 bridgehead atoms. The van der Waals surface area contributed by atoms with Crippen LogP contribution in [-0.2, 0) is 0 Å². The highest BCUT2D eigenvalue weighted by atomic mass is 14.9. The van der Waals surface area contributed by atoms with Gasteiger partial charge in [-0.15, -0.1) is 0 Å². The van der Waals surface area contributed by atoms with Crippen molar-refractivity contribution in [1.29, 1.82) is 0 Å². The van der Waals surface area contributed by atoms with Crippen LogP contribution in [0.4, 0.5) is 0 Å². The van der Waals surface area contributed by atoms with Gasteiger partial charge in [-0.25, -0.2) is 0 Å². The zero-order valence-electron chi connectivity index (χ0n) is 11.1. The van der Waals surface area contributed by atoms with Crippen LogP contribution in [0.3, 0.4) is 0 Å². The second kappa shape index (κ2) is 10.4.